The molecule has 0 spiro atoms. The fourth-order valence-electron chi connectivity index (χ4n) is 3.66. The lowest BCUT2D eigenvalue weighted by molar-refractivity contribution is 0.0702. The van der Waals surface area contributed by atoms with Crippen LogP contribution in [-0.4, -0.2) is 48.3 Å². The average Bonchev–Trinajstić information content (AvgIpc) is 3.29. The first-order valence-corrected chi connectivity index (χ1v) is 9.70. The highest BCUT2D eigenvalue weighted by Gasteiger charge is 2.29. The van der Waals surface area contributed by atoms with Crippen LogP contribution in [0.15, 0.2) is 46.9 Å². The predicted octanol–water partition coefficient (Wildman–Crippen LogP) is 3.91. The van der Waals surface area contributed by atoms with Crippen molar-refractivity contribution in [1.29, 1.82) is 0 Å². The van der Waals surface area contributed by atoms with Gasteiger partial charge < -0.3 is 18.8 Å². The highest BCUT2D eigenvalue weighted by molar-refractivity contribution is 5.97. The lowest BCUT2D eigenvalue weighted by atomic mass is 9.96. The van der Waals surface area contributed by atoms with E-state index in [2.05, 4.69) is 10.2 Å². The van der Waals surface area contributed by atoms with E-state index in [1.54, 1.807) is 42.3 Å². The molecule has 0 atom stereocenters. The summed E-state index contributed by atoms with van der Waals surface area (Å²) in [5.41, 5.74) is 1.15. The normalized spacial score (nSPS) is 14.6. The monoisotopic (exact) mass is 411 g/mol. The topological polar surface area (TPSA) is 77.7 Å². The number of ether oxygens (including phenoxy) is 2. The minimum Gasteiger partial charge on any atom is -0.493 e. The largest absolute Gasteiger partial charge is 0.493 e. The number of piperidine rings is 1. The summed E-state index contributed by atoms with van der Waals surface area (Å²) in [5.74, 6) is 1.53. The summed E-state index contributed by atoms with van der Waals surface area (Å²) in [6, 6.07) is 11.2. The number of amides is 1. The molecule has 1 aliphatic heterocycles. The van der Waals surface area contributed by atoms with Gasteiger partial charge in [-0.15, -0.1) is 10.2 Å². The van der Waals surface area contributed by atoms with Gasteiger partial charge in [0.15, 0.2) is 11.5 Å². The van der Waals surface area contributed by atoms with E-state index in [0.717, 1.165) is 0 Å². The minimum absolute atomic E-state index is 0.0722. The van der Waals surface area contributed by atoms with Crippen LogP contribution in [0.2, 0.25) is 0 Å². The summed E-state index contributed by atoms with van der Waals surface area (Å²) < 4.78 is 29.6. The molecular weight excluding hydrogens is 389 g/mol. The van der Waals surface area contributed by atoms with Gasteiger partial charge in [-0.25, -0.2) is 4.39 Å². The SMILES string of the molecule is COc1cccc(C(=O)N2CCC(c3nnc(-c4ccc(F)cc4)o3)CC2)c1OC. The lowest BCUT2D eigenvalue weighted by Gasteiger charge is -2.31. The van der Waals surface area contributed by atoms with Crippen LogP contribution in [0.1, 0.15) is 35.0 Å². The van der Waals surface area contributed by atoms with Gasteiger partial charge in [0.1, 0.15) is 5.82 Å². The summed E-state index contributed by atoms with van der Waals surface area (Å²) in [5, 5.41) is 8.25. The maximum Gasteiger partial charge on any atom is 0.257 e. The fraction of sp³-hybridized carbons (Fsp3) is 0.318. The van der Waals surface area contributed by atoms with Crippen LogP contribution >= 0.6 is 0 Å². The standard InChI is InChI=1S/C22H22FN3O4/c1-28-18-5-3-4-17(19(18)29-2)22(27)26-12-10-15(11-13-26)21-25-24-20(30-21)14-6-8-16(23)9-7-14/h3-9,15H,10-13H2,1-2H3. The first-order valence-electron chi connectivity index (χ1n) is 9.70. The Balaban J connectivity index is 1.43. The van der Waals surface area contributed by atoms with E-state index in [0.29, 0.717) is 60.3 Å². The molecule has 0 saturated carbocycles. The van der Waals surface area contributed by atoms with Crippen LogP contribution in [0.4, 0.5) is 4.39 Å². The van der Waals surface area contributed by atoms with Gasteiger partial charge in [-0.05, 0) is 49.2 Å². The van der Waals surface area contributed by atoms with E-state index in [1.165, 1.54) is 19.2 Å². The van der Waals surface area contributed by atoms with E-state index < -0.39 is 0 Å². The van der Waals surface area contributed by atoms with Gasteiger partial charge in [-0.1, -0.05) is 6.07 Å². The molecule has 0 unspecified atom stereocenters. The summed E-state index contributed by atoms with van der Waals surface area (Å²) in [6.07, 6.45) is 1.42. The molecular formula is C22H22FN3O4. The number of halogens is 1. The molecule has 1 aliphatic rings. The summed E-state index contributed by atoms with van der Waals surface area (Å²) in [7, 11) is 3.07. The number of benzene rings is 2. The van der Waals surface area contributed by atoms with Crippen molar-refractivity contribution >= 4 is 5.91 Å². The van der Waals surface area contributed by atoms with Crippen LogP contribution in [0, 0.1) is 5.82 Å². The van der Waals surface area contributed by atoms with E-state index in [9.17, 15) is 9.18 Å². The molecule has 4 rings (SSSR count). The maximum absolute atomic E-state index is 13.1. The maximum atomic E-state index is 13.1. The zero-order chi connectivity index (χ0) is 21.1. The van der Waals surface area contributed by atoms with Gasteiger partial charge >= 0.3 is 0 Å². The highest BCUT2D eigenvalue weighted by Crippen LogP contribution is 2.34. The van der Waals surface area contributed by atoms with Gasteiger partial charge in [0.25, 0.3) is 5.91 Å². The highest BCUT2D eigenvalue weighted by atomic mass is 19.1. The number of para-hydroxylation sites is 1. The third kappa shape index (κ3) is 3.85. The van der Waals surface area contributed by atoms with Gasteiger partial charge in [-0.3, -0.25) is 4.79 Å². The van der Waals surface area contributed by atoms with Crippen LogP contribution < -0.4 is 9.47 Å². The molecule has 2 heterocycles. The van der Waals surface area contributed by atoms with Crippen molar-refractivity contribution in [3.8, 4) is 23.0 Å². The number of rotatable bonds is 5. The zero-order valence-corrected chi connectivity index (χ0v) is 16.8. The summed E-state index contributed by atoms with van der Waals surface area (Å²) in [6.45, 7) is 1.14. The van der Waals surface area contributed by atoms with Gasteiger partial charge in [0.05, 0.1) is 19.8 Å². The summed E-state index contributed by atoms with van der Waals surface area (Å²) in [4.78, 5) is 14.8. The van der Waals surface area contributed by atoms with Crippen molar-refractivity contribution in [3.05, 3.63) is 59.7 Å². The van der Waals surface area contributed by atoms with Crippen molar-refractivity contribution in [3.63, 3.8) is 0 Å². The number of likely N-dealkylation sites (tertiary alicyclic amines) is 1. The Labute approximate surface area is 173 Å². The zero-order valence-electron chi connectivity index (χ0n) is 16.8. The number of aromatic nitrogens is 2. The van der Waals surface area contributed by atoms with Crippen molar-refractivity contribution in [1.82, 2.24) is 15.1 Å². The third-order valence-corrected chi connectivity index (χ3v) is 5.30. The van der Waals surface area contributed by atoms with Crippen molar-refractivity contribution < 1.29 is 23.1 Å². The number of hydrogen-bond acceptors (Lipinski definition) is 6. The number of carbonyl (C=O) groups is 1. The molecule has 0 N–H and O–H groups in total. The molecule has 1 fully saturated rings. The number of hydrogen-bond donors (Lipinski definition) is 0. The molecule has 1 amide bonds. The van der Waals surface area contributed by atoms with Gasteiger partial charge in [0.2, 0.25) is 11.8 Å². The Bertz CT molecular complexity index is 1030. The molecule has 3 aromatic rings. The van der Waals surface area contributed by atoms with E-state index in [-0.39, 0.29) is 17.6 Å². The molecule has 0 aliphatic carbocycles. The van der Waals surface area contributed by atoms with Crippen molar-refractivity contribution in [2.75, 3.05) is 27.3 Å². The predicted molar refractivity (Wildman–Crippen MR) is 107 cm³/mol. The first-order chi connectivity index (χ1) is 14.6. The van der Waals surface area contributed by atoms with Crippen LogP contribution in [0.3, 0.4) is 0 Å². The van der Waals surface area contributed by atoms with Crippen LogP contribution in [0.25, 0.3) is 11.5 Å². The number of methoxy groups -OCH3 is 2. The Morgan fingerprint density at radius 1 is 1.07 bits per heavy atom. The molecule has 7 nitrogen and oxygen atoms in total. The Morgan fingerprint density at radius 2 is 1.80 bits per heavy atom. The second-order valence-electron chi connectivity index (χ2n) is 7.06. The molecule has 2 aromatic carbocycles. The molecule has 8 heteroatoms. The second kappa shape index (κ2) is 8.52. The van der Waals surface area contributed by atoms with Crippen molar-refractivity contribution in [2.24, 2.45) is 0 Å². The van der Waals surface area contributed by atoms with E-state index in [1.807, 2.05) is 0 Å². The fourth-order valence-corrected chi connectivity index (χ4v) is 3.66. The summed E-state index contributed by atoms with van der Waals surface area (Å²) >= 11 is 0. The number of carbonyl (C=O) groups excluding carboxylic acids is 1. The van der Waals surface area contributed by atoms with Crippen molar-refractivity contribution in [2.45, 2.75) is 18.8 Å². The smallest absolute Gasteiger partial charge is 0.257 e. The Morgan fingerprint density at radius 3 is 2.47 bits per heavy atom. The molecule has 156 valence electrons. The Hall–Kier alpha value is -3.42. The molecule has 0 radical (unpaired) electrons. The molecule has 1 saturated heterocycles. The average molecular weight is 411 g/mol. The first kappa shape index (κ1) is 19.9. The van der Waals surface area contributed by atoms with Gasteiger partial charge in [-0.2, -0.15) is 0 Å². The van der Waals surface area contributed by atoms with Crippen LogP contribution in [-0.2, 0) is 0 Å². The molecule has 0 bridgehead atoms. The molecule has 1 aromatic heterocycles. The second-order valence-corrected chi connectivity index (χ2v) is 7.06. The minimum atomic E-state index is -0.316. The van der Waals surface area contributed by atoms with E-state index >= 15 is 0 Å². The lowest BCUT2D eigenvalue weighted by Crippen LogP contribution is -2.38. The Kier molecular flexibility index (Phi) is 5.65. The van der Waals surface area contributed by atoms with Crippen LogP contribution in [0.5, 0.6) is 11.5 Å². The quantitative estimate of drug-likeness (QED) is 0.633. The number of nitrogens with zero attached hydrogens (tertiary/aromatic N) is 3. The van der Waals surface area contributed by atoms with Gasteiger partial charge in [0, 0.05) is 24.6 Å². The third-order valence-electron chi connectivity index (χ3n) is 5.30. The van der Waals surface area contributed by atoms with E-state index in [4.69, 9.17) is 13.9 Å². The molecule has 30 heavy (non-hydrogen) atoms.